The fourth-order valence-corrected chi connectivity index (χ4v) is 7.05. The summed E-state index contributed by atoms with van der Waals surface area (Å²) in [4.78, 5) is 18.6. The number of hydrogen-bond acceptors (Lipinski definition) is 5. The van der Waals surface area contributed by atoms with E-state index in [0.717, 1.165) is 30.5 Å². The fourth-order valence-electron chi connectivity index (χ4n) is 5.42. The van der Waals surface area contributed by atoms with Crippen molar-refractivity contribution in [3.63, 3.8) is 0 Å². The van der Waals surface area contributed by atoms with Crippen molar-refractivity contribution in [1.29, 1.82) is 0 Å². The zero-order valence-corrected chi connectivity index (χ0v) is 21.3. The third-order valence-corrected chi connectivity index (χ3v) is 9.06. The van der Waals surface area contributed by atoms with Gasteiger partial charge < -0.3 is 14.7 Å². The Hall–Kier alpha value is -1.57. The highest BCUT2D eigenvalue weighted by molar-refractivity contribution is 7.99. The van der Waals surface area contributed by atoms with Crippen molar-refractivity contribution < 1.29 is 19.0 Å². The van der Waals surface area contributed by atoms with E-state index >= 15 is 4.39 Å². The van der Waals surface area contributed by atoms with Gasteiger partial charge in [0.15, 0.2) is 0 Å². The molecule has 0 amide bonds. The van der Waals surface area contributed by atoms with Crippen LogP contribution in [-0.4, -0.2) is 58.7 Å². The number of carboxylic acid groups (broad SMARTS) is 1. The van der Waals surface area contributed by atoms with Crippen LogP contribution in [0.15, 0.2) is 24.4 Å². The number of aromatic nitrogens is 1. The molecule has 34 heavy (non-hydrogen) atoms. The lowest BCUT2D eigenvalue weighted by atomic mass is 9.81. The van der Waals surface area contributed by atoms with E-state index in [4.69, 9.17) is 16.3 Å². The molecule has 1 saturated carbocycles. The van der Waals surface area contributed by atoms with E-state index in [2.05, 4.69) is 9.88 Å². The van der Waals surface area contributed by atoms with Gasteiger partial charge in [-0.2, -0.15) is 11.8 Å². The molecule has 2 aromatic rings. The van der Waals surface area contributed by atoms with Gasteiger partial charge in [-0.05, 0) is 62.8 Å². The number of likely N-dealkylation sites (tertiary alicyclic amines) is 1. The minimum atomic E-state index is -1.29. The van der Waals surface area contributed by atoms with Gasteiger partial charge in [-0.1, -0.05) is 24.4 Å². The number of methoxy groups -OCH3 is 1. The number of benzene rings is 1. The lowest BCUT2D eigenvalue weighted by Crippen LogP contribution is -2.44. The van der Waals surface area contributed by atoms with Gasteiger partial charge in [0.25, 0.3) is 0 Å². The van der Waals surface area contributed by atoms with Gasteiger partial charge in [0.05, 0.1) is 23.6 Å². The minimum Gasteiger partial charge on any atom is -0.497 e. The van der Waals surface area contributed by atoms with E-state index in [0.29, 0.717) is 35.2 Å². The molecule has 1 N–H and O–H groups in total. The highest BCUT2D eigenvalue weighted by Gasteiger charge is 2.35. The molecule has 5 nitrogen and oxygen atoms in total. The van der Waals surface area contributed by atoms with Gasteiger partial charge in [0.1, 0.15) is 11.9 Å². The summed E-state index contributed by atoms with van der Waals surface area (Å²) in [6, 6.07) is 5.35. The smallest absolute Gasteiger partial charge is 0.308 e. The summed E-state index contributed by atoms with van der Waals surface area (Å²) < 4.78 is 20.8. The molecule has 1 aromatic heterocycles. The number of pyridine rings is 1. The van der Waals surface area contributed by atoms with Gasteiger partial charge in [-0.3, -0.25) is 9.78 Å². The maximum atomic E-state index is 15.5. The molecule has 2 fully saturated rings. The van der Waals surface area contributed by atoms with Crippen LogP contribution in [-0.2, 0) is 4.79 Å². The van der Waals surface area contributed by atoms with E-state index in [1.165, 1.54) is 31.9 Å². The largest absolute Gasteiger partial charge is 0.497 e. The summed E-state index contributed by atoms with van der Waals surface area (Å²) in [6.45, 7) is 2.37. The molecule has 1 aliphatic carbocycles. The van der Waals surface area contributed by atoms with Gasteiger partial charge in [0, 0.05) is 41.2 Å². The second-order valence-corrected chi connectivity index (χ2v) is 11.3. The zero-order chi connectivity index (χ0) is 24.1. The molecule has 186 valence electrons. The molecule has 1 aromatic carbocycles. The number of carboxylic acids is 1. The summed E-state index contributed by atoms with van der Waals surface area (Å²) in [5.74, 6) is 0.420. The number of hydrogen-bond donors (Lipinski definition) is 1. The van der Waals surface area contributed by atoms with Crippen LogP contribution < -0.4 is 4.74 Å². The molecule has 2 aliphatic rings. The number of fused-ring (bicyclic) bond motifs is 1. The van der Waals surface area contributed by atoms with Crippen LogP contribution in [0.3, 0.4) is 0 Å². The molecule has 8 heteroatoms. The van der Waals surface area contributed by atoms with Crippen molar-refractivity contribution in [2.45, 2.75) is 56.4 Å². The predicted molar refractivity (Wildman–Crippen MR) is 137 cm³/mol. The second-order valence-electron chi connectivity index (χ2n) is 9.52. The first-order valence-corrected chi connectivity index (χ1v) is 13.7. The topological polar surface area (TPSA) is 62.7 Å². The molecule has 4 rings (SSSR count). The summed E-state index contributed by atoms with van der Waals surface area (Å²) in [5.41, 5.74) is 1.08. The molecular weight excluding hydrogens is 475 g/mol. The Morgan fingerprint density at radius 3 is 2.88 bits per heavy atom. The third-order valence-electron chi connectivity index (χ3n) is 7.39. The van der Waals surface area contributed by atoms with Crippen molar-refractivity contribution in [2.24, 2.45) is 11.8 Å². The zero-order valence-electron chi connectivity index (χ0n) is 19.7. The van der Waals surface area contributed by atoms with E-state index in [1.807, 2.05) is 11.8 Å². The fraction of sp³-hybridized carbons (Fsp3) is 0.615. The Morgan fingerprint density at radius 1 is 1.35 bits per heavy atom. The molecule has 2 unspecified atom stereocenters. The van der Waals surface area contributed by atoms with Crippen LogP contribution >= 0.6 is 23.4 Å². The van der Waals surface area contributed by atoms with Crippen LogP contribution in [0, 0.1) is 11.8 Å². The standard InChI is InChI=1S/C26H34ClFN2O3S/c1-33-18-7-9-24-20(14-18)25(22(27)15-29-24)23(28)8-6-17-10-11-30(16-21(17)26(31)32)12-13-34-19-4-2-3-5-19/h7,9,14-15,17,19,21,23H,2-6,8,10-13,16H2,1H3,(H,31,32)/t17?,21?,23-/m1/s1. The molecule has 0 radical (unpaired) electrons. The van der Waals surface area contributed by atoms with E-state index < -0.39 is 18.1 Å². The van der Waals surface area contributed by atoms with Crippen molar-refractivity contribution in [2.75, 3.05) is 32.5 Å². The second kappa shape index (κ2) is 11.9. The first kappa shape index (κ1) is 25.5. The quantitative estimate of drug-likeness (QED) is 0.401. The van der Waals surface area contributed by atoms with Crippen molar-refractivity contribution >= 4 is 40.2 Å². The molecular formula is C26H34ClFN2O3S. The monoisotopic (exact) mass is 508 g/mol. The van der Waals surface area contributed by atoms with Crippen molar-refractivity contribution in [1.82, 2.24) is 9.88 Å². The summed E-state index contributed by atoms with van der Waals surface area (Å²) in [6.07, 6.45) is 7.06. The summed E-state index contributed by atoms with van der Waals surface area (Å²) in [7, 11) is 1.57. The average molecular weight is 509 g/mol. The normalized spacial score (nSPS) is 22.8. The lowest BCUT2D eigenvalue weighted by Gasteiger charge is -2.37. The summed E-state index contributed by atoms with van der Waals surface area (Å²) >= 11 is 8.40. The Balaban J connectivity index is 1.36. The van der Waals surface area contributed by atoms with Crippen LogP contribution in [0.5, 0.6) is 5.75 Å². The molecule has 0 bridgehead atoms. The number of nitrogens with zero attached hydrogens (tertiary/aromatic N) is 2. The van der Waals surface area contributed by atoms with Crippen LogP contribution in [0.2, 0.25) is 5.02 Å². The number of ether oxygens (including phenoxy) is 1. The number of thioether (sulfide) groups is 1. The van der Waals surface area contributed by atoms with Gasteiger partial charge in [0.2, 0.25) is 0 Å². The minimum absolute atomic E-state index is 0.0316. The number of piperidine rings is 1. The maximum Gasteiger partial charge on any atom is 0.308 e. The lowest BCUT2D eigenvalue weighted by molar-refractivity contribution is -0.146. The van der Waals surface area contributed by atoms with Gasteiger partial charge >= 0.3 is 5.97 Å². The average Bonchev–Trinajstić information content (AvgIpc) is 3.36. The van der Waals surface area contributed by atoms with Gasteiger partial charge in [-0.25, -0.2) is 4.39 Å². The first-order valence-electron chi connectivity index (χ1n) is 12.3. The Bertz CT molecular complexity index is 988. The van der Waals surface area contributed by atoms with Crippen molar-refractivity contribution in [3.8, 4) is 5.75 Å². The SMILES string of the molecule is COc1ccc2ncc(Cl)c([C@H](F)CCC3CCN(CCSC4CCCC4)CC3C(=O)O)c2c1. The number of alkyl halides is 1. The van der Waals surface area contributed by atoms with E-state index in [9.17, 15) is 9.90 Å². The van der Waals surface area contributed by atoms with Crippen molar-refractivity contribution in [3.05, 3.63) is 35.0 Å². The Kier molecular flexibility index (Phi) is 8.94. The highest BCUT2D eigenvalue weighted by atomic mass is 35.5. The molecule has 1 saturated heterocycles. The summed E-state index contributed by atoms with van der Waals surface area (Å²) in [5, 5.41) is 11.6. The van der Waals surface area contributed by atoms with Crippen LogP contribution in [0.1, 0.15) is 56.7 Å². The Morgan fingerprint density at radius 2 is 2.15 bits per heavy atom. The Labute approximate surface area is 210 Å². The third kappa shape index (κ3) is 6.16. The van der Waals surface area contributed by atoms with Crippen LogP contribution in [0.25, 0.3) is 10.9 Å². The van der Waals surface area contributed by atoms with Crippen LogP contribution in [0.4, 0.5) is 4.39 Å². The van der Waals surface area contributed by atoms with Gasteiger partial charge in [-0.15, -0.1) is 0 Å². The molecule has 2 heterocycles. The number of halogens is 2. The molecule has 1 aliphatic heterocycles. The molecule has 0 spiro atoms. The highest BCUT2D eigenvalue weighted by Crippen LogP contribution is 2.39. The van der Waals surface area contributed by atoms with E-state index in [1.54, 1.807) is 25.3 Å². The molecule has 3 atom stereocenters. The maximum absolute atomic E-state index is 15.5. The number of aliphatic carboxylic acids is 1. The predicted octanol–water partition coefficient (Wildman–Crippen LogP) is 6.39. The number of rotatable bonds is 10. The number of carbonyl (C=O) groups is 1. The first-order chi connectivity index (χ1) is 16.5. The van der Waals surface area contributed by atoms with E-state index in [-0.39, 0.29) is 17.4 Å².